The molecule has 1 heterocycles. The highest BCUT2D eigenvalue weighted by Crippen LogP contribution is 2.36. The van der Waals surface area contributed by atoms with Gasteiger partial charge in [-0.3, -0.25) is 0 Å². The van der Waals surface area contributed by atoms with Crippen LogP contribution in [0.4, 0.5) is 0 Å². The van der Waals surface area contributed by atoms with E-state index >= 15 is 0 Å². The first-order valence-corrected chi connectivity index (χ1v) is 4.84. The summed E-state index contributed by atoms with van der Waals surface area (Å²) in [5.74, 6) is -0.375. The van der Waals surface area contributed by atoms with Crippen molar-refractivity contribution < 1.29 is 9.90 Å². The zero-order chi connectivity index (χ0) is 8.55. The molecule has 1 fully saturated rings. The molecule has 0 amide bonds. The number of carboxylic acids is 1. The molecule has 0 bridgehead atoms. The number of hydrogen-bond acceptors (Lipinski definition) is 3. The summed E-state index contributed by atoms with van der Waals surface area (Å²) in [5, 5.41) is 10.7. The number of hydrogen-bond donors (Lipinski definition) is 1. The molecule has 1 aliphatic carbocycles. The first kappa shape index (κ1) is 7.73. The van der Waals surface area contributed by atoms with Gasteiger partial charge in [0.1, 0.15) is 0 Å². The van der Waals surface area contributed by atoms with E-state index in [2.05, 4.69) is 4.98 Å². The van der Waals surface area contributed by atoms with Gasteiger partial charge in [-0.15, -0.1) is 11.3 Å². The third kappa shape index (κ3) is 1.22. The van der Waals surface area contributed by atoms with Crippen molar-refractivity contribution in [2.45, 2.75) is 25.2 Å². The quantitative estimate of drug-likeness (QED) is 0.763. The van der Waals surface area contributed by atoms with Gasteiger partial charge in [-0.1, -0.05) is 6.42 Å². The molecule has 0 atom stereocenters. The summed E-state index contributed by atoms with van der Waals surface area (Å²) in [6.45, 7) is 0. The van der Waals surface area contributed by atoms with E-state index in [-0.39, 0.29) is 5.01 Å². The molecule has 0 saturated heterocycles. The topological polar surface area (TPSA) is 50.2 Å². The number of nitrogens with zero attached hydrogens (tertiary/aromatic N) is 1. The van der Waals surface area contributed by atoms with Gasteiger partial charge in [0.15, 0.2) is 0 Å². The minimum absolute atomic E-state index is 0.219. The van der Waals surface area contributed by atoms with Crippen LogP contribution in [-0.4, -0.2) is 16.1 Å². The molecule has 64 valence electrons. The molecule has 1 aromatic heterocycles. The molecule has 1 aliphatic rings. The minimum atomic E-state index is -0.912. The summed E-state index contributed by atoms with van der Waals surface area (Å²) in [6.07, 6.45) is 3.59. The Morgan fingerprint density at radius 1 is 1.67 bits per heavy atom. The summed E-state index contributed by atoms with van der Waals surface area (Å²) in [5.41, 5.74) is 0.976. The minimum Gasteiger partial charge on any atom is -0.476 e. The van der Waals surface area contributed by atoms with E-state index < -0.39 is 5.97 Å². The van der Waals surface area contributed by atoms with Gasteiger partial charge in [0, 0.05) is 11.3 Å². The Morgan fingerprint density at radius 3 is 2.83 bits per heavy atom. The number of carboxylic acid groups (broad SMARTS) is 1. The predicted octanol–water partition coefficient (Wildman–Crippen LogP) is 2.11. The first-order valence-electron chi connectivity index (χ1n) is 3.96. The standard InChI is InChI=1S/C8H9NO2S/c10-8(11)7-9-6(4-12-7)5-2-1-3-5/h4-5H,1-3H2,(H,10,11). The van der Waals surface area contributed by atoms with Gasteiger partial charge < -0.3 is 5.11 Å². The Morgan fingerprint density at radius 2 is 2.42 bits per heavy atom. The lowest BCUT2D eigenvalue weighted by Gasteiger charge is -2.22. The molecule has 0 aromatic carbocycles. The van der Waals surface area contributed by atoms with Crippen LogP contribution >= 0.6 is 11.3 Å². The monoisotopic (exact) mass is 183 g/mol. The second kappa shape index (κ2) is 2.86. The molecule has 12 heavy (non-hydrogen) atoms. The largest absolute Gasteiger partial charge is 0.476 e. The van der Waals surface area contributed by atoms with Crippen LogP contribution in [0.5, 0.6) is 0 Å². The maximum absolute atomic E-state index is 10.5. The van der Waals surface area contributed by atoms with Crippen molar-refractivity contribution in [1.82, 2.24) is 4.98 Å². The van der Waals surface area contributed by atoms with Crippen molar-refractivity contribution in [3.05, 3.63) is 16.1 Å². The lowest BCUT2D eigenvalue weighted by atomic mass is 9.83. The number of thiazole rings is 1. The lowest BCUT2D eigenvalue weighted by Crippen LogP contribution is -2.09. The third-order valence-corrected chi connectivity index (χ3v) is 3.08. The molecule has 0 unspecified atom stereocenters. The number of aromatic carboxylic acids is 1. The summed E-state index contributed by atoms with van der Waals surface area (Å²) in [6, 6.07) is 0. The zero-order valence-electron chi connectivity index (χ0n) is 6.49. The molecular weight excluding hydrogens is 174 g/mol. The fourth-order valence-corrected chi connectivity index (χ4v) is 2.01. The van der Waals surface area contributed by atoms with Gasteiger partial charge in [0.2, 0.25) is 5.01 Å². The van der Waals surface area contributed by atoms with E-state index in [1.165, 1.54) is 30.6 Å². The average Bonchev–Trinajstić information content (AvgIpc) is 2.32. The molecule has 3 nitrogen and oxygen atoms in total. The Labute approximate surface area is 74.1 Å². The molecule has 1 aromatic rings. The van der Waals surface area contributed by atoms with Crippen molar-refractivity contribution in [2.75, 3.05) is 0 Å². The summed E-state index contributed by atoms with van der Waals surface area (Å²) in [7, 11) is 0. The normalized spacial score (nSPS) is 17.3. The van der Waals surface area contributed by atoms with Gasteiger partial charge in [0.05, 0.1) is 5.69 Å². The smallest absolute Gasteiger partial charge is 0.365 e. The lowest BCUT2D eigenvalue weighted by molar-refractivity contribution is 0.0696. The number of rotatable bonds is 2. The Hall–Kier alpha value is -0.900. The van der Waals surface area contributed by atoms with Crippen LogP contribution in [0, 0.1) is 0 Å². The summed E-state index contributed by atoms with van der Waals surface area (Å²) >= 11 is 1.22. The van der Waals surface area contributed by atoms with Gasteiger partial charge in [-0.25, -0.2) is 9.78 Å². The van der Waals surface area contributed by atoms with Crippen molar-refractivity contribution in [1.29, 1.82) is 0 Å². The Balaban J connectivity index is 2.17. The summed E-state index contributed by atoms with van der Waals surface area (Å²) in [4.78, 5) is 14.5. The van der Waals surface area contributed by atoms with E-state index in [1.54, 1.807) is 0 Å². The molecule has 0 aliphatic heterocycles. The highest BCUT2D eigenvalue weighted by Gasteiger charge is 2.22. The van der Waals surface area contributed by atoms with Crippen LogP contribution in [0.3, 0.4) is 0 Å². The van der Waals surface area contributed by atoms with Crippen molar-refractivity contribution in [3.8, 4) is 0 Å². The van der Waals surface area contributed by atoms with Crippen molar-refractivity contribution >= 4 is 17.3 Å². The average molecular weight is 183 g/mol. The highest BCUT2D eigenvalue weighted by atomic mass is 32.1. The van der Waals surface area contributed by atoms with Gasteiger partial charge in [0.25, 0.3) is 0 Å². The van der Waals surface area contributed by atoms with Crippen molar-refractivity contribution in [2.24, 2.45) is 0 Å². The van der Waals surface area contributed by atoms with E-state index in [9.17, 15) is 4.79 Å². The molecule has 2 rings (SSSR count). The van der Waals surface area contributed by atoms with Crippen LogP contribution in [0.2, 0.25) is 0 Å². The molecule has 0 spiro atoms. The highest BCUT2D eigenvalue weighted by molar-refractivity contribution is 7.11. The Kier molecular flexibility index (Phi) is 1.84. The van der Waals surface area contributed by atoms with Crippen LogP contribution in [0.15, 0.2) is 5.38 Å². The summed E-state index contributed by atoms with van der Waals surface area (Å²) < 4.78 is 0. The maximum Gasteiger partial charge on any atom is 0.365 e. The second-order valence-electron chi connectivity index (χ2n) is 3.01. The van der Waals surface area contributed by atoms with E-state index in [4.69, 9.17) is 5.11 Å². The number of carbonyl (C=O) groups is 1. The fraction of sp³-hybridized carbons (Fsp3) is 0.500. The molecule has 1 N–H and O–H groups in total. The molecular formula is C8H9NO2S. The maximum atomic E-state index is 10.5. The van der Waals surface area contributed by atoms with Crippen molar-refractivity contribution in [3.63, 3.8) is 0 Å². The molecule has 0 radical (unpaired) electrons. The molecule has 4 heteroatoms. The zero-order valence-corrected chi connectivity index (χ0v) is 7.30. The third-order valence-electron chi connectivity index (χ3n) is 2.23. The predicted molar refractivity (Wildman–Crippen MR) is 45.7 cm³/mol. The SMILES string of the molecule is O=C(O)c1nc(C2CCC2)cs1. The van der Waals surface area contributed by atoms with Crippen LogP contribution < -0.4 is 0 Å². The molecule has 1 saturated carbocycles. The van der Waals surface area contributed by atoms with E-state index in [1.807, 2.05) is 5.38 Å². The van der Waals surface area contributed by atoms with E-state index in [0.717, 1.165) is 5.69 Å². The van der Waals surface area contributed by atoms with Crippen LogP contribution in [0.25, 0.3) is 0 Å². The first-order chi connectivity index (χ1) is 5.77. The second-order valence-corrected chi connectivity index (χ2v) is 3.87. The van der Waals surface area contributed by atoms with Gasteiger partial charge in [-0.2, -0.15) is 0 Å². The van der Waals surface area contributed by atoms with Crippen LogP contribution in [0.1, 0.15) is 40.7 Å². The number of aromatic nitrogens is 1. The van der Waals surface area contributed by atoms with E-state index in [0.29, 0.717) is 5.92 Å². The van der Waals surface area contributed by atoms with Gasteiger partial charge in [-0.05, 0) is 12.8 Å². The van der Waals surface area contributed by atoms with Crippen LogP contribution in [-0.2, 0) is 0 Å². The van der Waals surface area contributed by atoms with Gasteiger partial charge >= 0.3 is 5.97 Å². The fourth-order valence-electron chi connectivity index (χ4n) is 1.28. The Bertz CT molecular complexity index is 304.